The molecule has 5 nitrogen and oxygen atoms in total. The van der Waals surface area contributed by atoms with Gasteiger partial charge in [0.05, 0.1) is 20.3 Å². The predicted molar refractivity (Wildman–Crippen MR) is 115 cm³/mol. The minimum atomic E-state index is -0.0973. The molecule has 0 radical (unpaired) electrons. The van der Waals surface area contributed by atoms with Gasteiger partial charge >= 0.3 is 0 Å². The Morgan fingerprint density at radius 2 is 1.66 bits per heavy atom. The highest BCUT2D eigenvalue weighted by molar-refractivity contribution is 5.92. The van der Waals surface area contributed by atoms with Crippen LogP contribution >= 0.6 is 0 Å². The maximum Gasteiger partial charge on any atom is 0.238 e. The van der Waals surface area contributed by atoms with Crippen molar-refractivity contribution in [1.29, 1.82) is 0 Å². The zero-order valence-corrected chi connectivity index (χ0v) is 16.6. The fourth-order valence-corrected chi connectivity index (χ4v) is 2.86. The van der Waals surface area contributed by atoms with E-state index >= 15 is 0 Å². The number of rotatable bonds is 10. The van der Waals surface area contributed by atoms with Crippen molar-refractivity contribution < 1.29 is 14.3 Å². The smallest absolute Gasteiger partial charge is 0.238 e. The van der Waals surface area contributed by atoms with Crippen LogP contribution in [-0.2, 0) is 17.8 Å². The van der Waals surface area contributed by atoms with Crippen molar-refractivity contribution >= 4 is 11.6 Å². The number of hydrogen-bond acceptors (Lipinski definition) is 4. The summed E-state index contributed by atoms with van der Waals surface area (Å²) in [5.41, 5.74) is 3.05. The monoisotopic (exact) mass is 390 g/mol. The zero-order valence-electron chi connectivity index (χ0n) is 16.6. The molecule has 3 aromatic rings. The second-order valence-electron chi connectivity index (χ2n) is 6.61. The molecule has 150 valence electrons. The highest BCUT2D eigenvalue weighted by atomic mass is 16.5. The van der Waals surface area contributed by atoms with Gasteiger partial charge in [0.25, 0.3) is 0 Å². The molecule has 0 fully saturated rings. The van der Waals surface area contributed by atoms with Crippen LogP contribution in [0.1, 0.15) is 11.1 Å². The molecule has 3 aromatic carbocycles. The molecule has 0 saturated carbocycles. The molecule has 0 atom stereocenters. The van der Waals surface area contributed by atoms with Gasteiger partial charge in [0.2, 0.25) is 5.91 Å². The molecule has 2 N–H and O–H groups in total. The van der Waals surface area contributed by atoms with Gasteiger partial charge in [-0.05, 0) is 35.4 Å². The SMILES string of the molecule is COc1ccc(CNCC(=O)Nc2cccc(OCCc3ccccc3)c2)cc1. The number of hydrogen-bond donors (Lipinski definition) is 2. The van der Waals surface area contributed by atoms with Gasteiger partial charge in [0, 0.05) is 24.7 Å². The van der Waals surface area contributed by atoms with Crippen molar-refractivity contribution in [1.82, 2.24) is 5.32 Å². The van der Waals surface area contributed by atoms with Crippen LogP contribution in [0.5, 0.6) is 11.5 Å². The molecular weight excluding hydrogens is 364 g/mol. The highest BCUT2D eigenvalue weighted by Gasteiger charge is 2.04. The Morgan fingerprint density at radius 3 is 2.41 bits per heavy atom. The minimum Gasteiger partial charge on any atom is -0.497 e. The van der Waals surface area contributed by atoms with Crippen molar-refractivity contribution in [2.45, 2.75) is 13.0 Å². The fourth-order valence-electron chi connectivity index (χ4n) is 2.86. The van der Waals surface area contributed by atoms with Crippen LogP contribution in [0.4, 0.5) is 5.69 Å². The molecular formula is C24H26N2O3. The largest absolute Gasteiger partial charge is 0.497 e. The lowest BCUT2D eigenvalue weighted by atomic mass is 10.2. The first-order chi connectivity index (χ1) is 14.2. The average molecular weight is 390 g/mol. The second kappa shape index (κ2) is 10.9. The van der Waals surface area contributed by atoms with Crippen LogP contribution in [0.3, 0.4) is 0 Å². The van der Waals surface area contributed by atoms with Crippen molar-refractivity contribution in [3.8, 4) is 11.5 Å². The molecule has 0 aliphatic heterocycles. The maximum absolute atomic E-state index is 12.2. The van der Waals surface area contributed by atoms with Gasteiger partial charge in [-0.2, -0.15) is 0 Å². The Hall–Kier alpha value is -3.31. The summed E-state index contributed by atoms with van der Waals surface area (Å²) in [4.78, 5) is 12.2. The van der Waals surface area contributed by atoms with Gasteiger partial charge < -0.3 is 20.1 Å². The lowest BCUT2D eigenvalue weighted by Gasteiger charge is -2.10. The van der Waals surface area contributed by atoms with Gasteiger partial charge in [-0.25, -0.2) is 0 Å². The normalized spacial score (nSPS) is 10.4. The van der Waals surface area contributed by atoms with Gasteiger partial charge in [-0.15, -0.1) is 0 Å². The Morgan fingerprint density at radius 1 is 0.862 bits per heavy atom. The van der Waals surface area contributed by atoms with E-state index in [-0.39, 0.29) is 12.5 Å². The van der Waals surface area contributed by atoms with Gasteiger partial charge in [0.15, 0.2) is 0 Å². The van der Waals surface area contributed by atoms with Crippen LogP contribution in [0.2, 0.25) is 0 Å². The Kier molecular flexibility index (Phi) is 7.66. The number of benzene rings is 3. The summed E-state index contributed by atoms with van der Waals surface area (Å²) in [5, 5.41) is 6.04. The van der Waals surface area contributed by atoms with Gasteiger partial charge in [-0.1, -0.05) is 48.5 Å². The van der Waals surface area contributed by atoms with Crippen molar-refractivity contribution in [3.05, 3.63) is 90.0 Å². The molecule has 3 rings (SSSR count). The van der Waals surface area contributed by atoms with Gasteiger partial charge in [-0.3, -0.25) is 4.79 Å². The van der Waals surface area contributed by atoms with E-state index in [2.05, 4.69) is 22.8 Å². The van der Waals surface area contributed by atoms with Crippen LogP contribution in [0, 0.1) is 0 Å². The van der Waals surface area contributed by atoms with Crippen LogP contribution < -0.4 is 20.1 Å². The molecule has 1 amide bonds. The molecule has 0 heterocycles. The molecule has 0 bridgehead atoms. The number of methoxy groups -OCH3 is 1. The van der Waals surface area contributed by atoms with E-state index in [0.717, 1.165) is 29.2 Å². The Bertz CT molecular complexity index is 896. The predicted octanol–water partition coefficient (Wildman–Crippen LogP) is 4.05. The molecule has 0 aromatic heterocycles. The average Bonchev–Trinajstić information content (AvgIpc) is 2.75. The summed E-state index contributed by atoms with van der Waals surface area (Å²) in [5.74, 6) is 1.46. The fraction of sp³-hybridized carbons (Fsp3) is 0.208. The van der Waals surface area contributed by atoms with E-state index in [4.69, 9.17) is 9.47 Å². The molecule has 0 unspecified atom stereocenters. The van der Waals surface area contributed by atoms with Crippen molar-refractivity contribution in [3.63, 3.8) is 0 Å². The van der Waals surface area contributed by atoms with E-state index in [1.54, 1.807) is 7.11 Å². The van der Waals surface area contributed by atoms with Crippen molar-refractivity contribution in [2.75, 3.05) is 25.6 Å². The third-order valence-electron chi connectivity index (χ3n) is 4.39. The lowest BCUT2D eigenvalue weighted by Crippen LogP contribution is -2.27. The molecule has 0 aliphatic carbocycles. The highest BCUT2D eigenvalue weighted by Crippen LogP contribution is 2.17. The molecule has 29 heavy (non-hydrogen) atoms. The quantitative estimate of drug-likeness (QED) is 0.548. The Balaban J connectivity index is 1.40. The standard InChI is InChI=1S/C24H26N2O3/c1-28-22-12-10-20(11-13-22)17-25-18-24(27)26-21-8-5-9-23(16-21)29-15-14-19-6-3-2-4-7-19/h2-13,16,25H,14-15,17-18H2,1H3,(H,26,27). The van der Waals surface area contributed by atoms with Crippen LogP contribution in [0.15, 0.2) is 78.9 Å². The number of ether oxygens (including phenoxy) is 2. The third-order valence-corrected chi connectivity index (χ3v) is 4.39. The summed E-state index contributed by atoms with van der Waals surface area (Å²) in [6.45, 7) is 1.43. The number of carbonyl (C=O) groups excluding carboxylic acids is 1. The molecule has 5 heteroatoms. The van der Waals surface area contributed by atoms with E-state index in [0.29, 0.717) is 13.2 Å². The summed E-state index contributed by atoms with van der Waals surface area (Å²) in [7, 11) is 1.64. The number of anilines is 1. The summed E-state index contributed by atoms with van der Waals surface area (Å²) in [6, 6.07) is 25.4. The zero-order chi connectivity index (χ0) is 20.3. The molecule has 0 aliphatic rings. The minimum absolute atomic E-state index is 0.0973. The topological polar surface area (TPSA) is 59.6 Å². The maximum atomic E-state index is 12.2. The van der Waals surface area contributed by atoms with E-state index in [1.165, 1.54) is 5.56 Å². The first-order valence-corrected chi connectivity index (χ1v) is 9.63. The first kappa shape index (κ1) is 20.4. The molecule has 0 saturated heterocycles. The Labute approximate surface area is 171 Å². The van der Waals surface area contributed by atoms with E-state index < -0.39 is 0 Å². The lowest BCUT2D eigenvalue weighted by molar-refractivity contribution is -0.115. The summed E-state index contributed by atoms with van der Waals surface area (Å²) in [6.07, 6.45) is 0.840. The number of nitrogens with one attached hydrogen (secondary N) is 2. The van der Waals surface area contributed by atoms with Crippen LogP contribution in [-0.4, -0.2) is 26.2 Å². The summed E-state index contributed by atoms with van der Waals surface area (Å²) >= 11 is 0. The second-order valence-corrected chi connectivity index (χ2v) is 6.61. The third kappa shape index (κ3) is 6.97. The number of amides is 1. The van der Waals surface area contributed by atoms with E-state index in [1.807, 2.05) is 66.7 Å². The van der Waals surface area contributed by atoms with E-state index in [9.17, 15) is 4.79 Å². The van der Waals surface area contributed by atoms with Crippen LogP contribution in [0.25, 0.3) is 0 Å². The summed E-state index contributed by atoms with van der Waals surface area (Å²) < 4.78 is 11.0. The van der Waals surface area contributed by atoms with Crippen molar-refractivity contribution in [2.24, 2.45) is 0 Å². The molecule has 0 spiro atoms. The number of carbonyl (C=O) groups is 1. The first-order valence-electron chi connectivity index (χ1n) is 9.63. The van der Waals surface area contributed by atoms with Gasteiger partial charge in [0.1, 0.15) is 11.5 Å².